The van der Waals surface area contributed by atoms with E-state index in [1.165, 1.54) is 10.5 Å². The Hall–Kier alpha value is -0.540. The molecule has 0 radical (unpaired) electrons. The van der Waals surface area contributed by atoms with Gasteiger partial charge in [-0.25, -0.2) is 0 Å². The molecule has 0 aliphatic heterocycles. The highest BCUT2D eigenvalue weighted by Gasteiger charge is 1.96. The lowest BCUT2D eigenvalue weighted by atomic mass is 10.1. The van der Waals surface area contributed by atoms with Crippen molar-refractivity contribution in [2.24, 2.45) is 5.73 Å². The van der Waals surface area contributed by atoms with Crippen LogP contribution in [0.1, 0.15) is 18.9 Å². The summed E-state index contributed by atoms with van der Waals surface area (Å²) in [6.45, 7) is 2.16. The first-order chi connectivity index (χ1) is 6.72. The number of hydrogen-bond donors (Lipinski definition) is 1. The second kappa shape index (κ2) is 6.04. The van der Waals surface area contributed by atoms with Gasteiger partial charge in [-0.05, 0) is 29.9 Å². The van der Waals surface area contributed by atoms with Crippen molar-refractivity contribution in [1.29, 1.82) is 0 Å². The van der Waals surface area contributed by atoms with E-state index in [4.69, 9.17) is 18.0 Å². The average Bonchev–Trinajstić information content (AvgIpc) is 2.17. The van der Waals surface area contributed by atoms with Crippen LogP contribution in [-0.4, -0.2) is 10.7 Å². The number of benzene rings is 1. The SMILES string of the molecule is CCSc1ccc(CCC(N)=S)cc1. The van der Waals surface area contributed by atoms with E-state index in [-0.39, 0.29) is 0 Å². The molecule has 0 bridgehead atoms. The Morgan fingerprint density at radius 2 is 2.00 bits per heavy atom. The van der Waals surface area contributed by atoms with Crippen molar-refractivity contribution in [1.82, 2.24) is 0 Å². The fraction of sp³-hybridized carbons (Fsp3) is 0.364. The van der Waals surface area contributed by atoms with Crippen molar-refractivity contribution in [2.75, 3.05) is 5.75 Å². The lowest BCUT2D eigenvalue weighted by Crippen LogP contribution is -2.08. The minimum atomic E-state index is 0.594. The number of hydrogen-bond acceptors (Lipinski definition) is 2. The van der Waals surface area contributed by atoms with E-state index in [1.54, 1.807) is 0 Å². The normalized spacial score (nSPS) is 10.1. The van der Waals surface area contributed by atoms with Crippen molar-refractivity contribution < 1.29 is 0 Å². The van der Waals surface area contributed by atoms with Gasteiger partial charge in [-0.3, -0.25) is 0 Å². The Kier molecular flexibility index (Phi) is 4.98. The number of aryl methyl sites for hydroxylation is 1. The van der Waals surface area contributed by atoms with Crippen molar-refractivity contribution in [3.8, 4) is 0 Å². The topological polar surface area (TPSA) is 26.0 Å². The maximum atomic E-state index is 5.45. The Labute approximate surface area is 95.1 Å². The van der Waals surface area contributed by atoms with Gasteiger partial charge in [0.1, 0.15) is 0 Å². The van der Waals surface area contributed by atoms with Crippen LogP contribution < -0.4 is 5.73 Å². The molecule has 3 heteroatoms. The standard InChI is InChI=1S/C11H15NS2/c1-2-14-10-6-3-9(4-7-10)5-8-11(12)13/h3-4,6-7H,2,5,8H2,1H3,(H2,12,13). The maximum Gasteiger partial charge on any atom is 0.0730 e. The largest absolute Gasteiger partial charge is 0.393 e. The summed E-state index contributed by atoms with van der Waals surface area (Å²) in [5.41, 5.74) is 6.75. The molecule has 0 aromatic heterocycles. The fourth-order valence-electron chi connectivity index (χ4n) is 1.19. The van der Waals surface area contributed by atoms with E-state index in [0.29, 0.717) is 4.99 Å². The molecule has 76 valence electrons. The Balaban J connectivity index is 2.50. The van der Waals surface area contributed by atoms with E-state index >= 15 is 0 Å². The van der Waals surface area contributed by atoms with Crippen molar-refractivity contribution in [2.45, 2.75) is 24.7 Å². The molecule has 0 atom stereocenters. The predicted molar refractivity (Wildman–Crippen MR) is 67.9 cm³/mol. The van der Waals surface area contributed by atoms with Gasteiger partial charge in [0, 0.05) is 11.3 Å². The molecule has 0 saturated heterocycles. The third-order valence-corrected chi connectivity index (χ3v) is 2.99. The molecule has 0 saturated carbocycles. The van der Waals surface area contributed by atoms with E-state index < -0.39 is 0 Å². The summed E-state index contributed by atoms with van der Waals surface area (Å²) in [5.74, 6) is 1.12. The van der Waals surface area contributed by atoms with Crippen LogP contribution in [0, 0.1) is 0 Å². The minimum Gasteiger partial charge on any atom is -0.393 e. The molecule has 14 heavy (non-hydrogen) atoms. The molecule has 1 nitrogen and oxygen atoms in total. The van der Waals surface area contributed by atoms with Crippen molar-refractivity contribution >= 4 is 29.0 Å². The maximum absolute atomic E-state index is 5.45. The molecule has 0 aliphatic carbocycles. The van der Waals surface area contributed by atoms with E-state index in [0.717, 1.165) is 18.6 Å². The zero-order valence-electron chi connectivity index (χ0n) is 8.32. The summed E-state index contributed by atoms with van der Waals surface area (Å²) in [7, 11) is 0. The van der Waals surface area contributed by atoms with E-state index in [9.17, 15) is 0 Å². The minimum absolute atomic E-state index is 0.594. The fourth-order valence-corrected chi connectivity index (χ4v) is 1.95. The van der Waals surface area contributed by atoms with Crippen molar-refractivity contribution in [3.63, 3.8) is 0 Å². The summed E-state index contributed by atoms with van der Waals surface area (Å²) < 4.78 is 0. The van der Waals surface area contributed by atoms with Crippen LogP contribution in [0.5, 0.6) is 0 Å². The molecule has 1 rings (SSSR count). The molecule has 0 amide bonds. The molecular weight excluding hydrogens is 210 g/mol. The van der Waals surface area contributed by atoms with Gasteiger partial charge in [-0.2, -0.15) is 0 Å². The van der Waals surface area contributed by atoms with Crippen LogP contribution in [0.3, 0.4) is 0 Å². The molecule has 0 aliphatic rings. The van der Waals surface area contributed by atoms with Gasteiger partial charge in [0.05, 0.1) is 4.99 Å². The lowest BCUT2D eigenvalue weighted by molar-refractivity contribution is 1.04. The highest BCUT2D eigenvalue weighted by Crippen LogP contribution is 2.18. The highest BCUT2D eigenvalue weighted by molar-refractivity contribution is 7.99. The second-order valence-electron chi connectivity index (χ2n) is 3.04. The average molecular weight is 225 g/mol. The molecule has 2 N–H and O–H groups in total. The summed E-state index contributed by atoms with van der Waals surface area (Å²) in [4.78, 5) is 1.92. The first-order valence-corrected chi connectivity index (χ1v) is 6.12. The van der Waals surface area contributed by atoms with Crippen LogP contribution in [0.2, 0.25) is 0 Å². The van der Waals surface area contributed by atoms with Crippen LogP contribution >= 0.6 is 24.0 Å². The highest BCUT2D eigenvalue weighted by atomic mass is 32.2. The predicted octanol–water partition coefficient (Wildman–Crippen LogP) is 3.02. The van der Waals surface area contributed by atoms with Crippen LogP contribution in [0.15, 0.2) is 29.2 Å². The monoisotopic (exact) mass is 225 g/mol. The molecule has 0 spiro atoms. The van der Waals surface area contributed by atoms with Gasteiger partial charge in [-0.1, -0.05) is 31.3 Å². The molecule has 1 aromatic carbocycles. The number of thioether (sulfide) groups is 1. The van der Waals surface area contributed by atoms with Gasteiger partial charge in [-0.15, -0.1) is 11.8 Å². The Bertz CT molecular complexity index is 293. The van der Waals surface area contributed by atoms with Gasteiger partial charge < -0.3 is 5.73 Å². The van der Waals surface area contributed by atoms with Gasteiger partial charge in [0.25, 0.3) is 0 Å². The van der Waals surface area contributed by atoms with E-state index in [2.05, 4.69) is 31.2 Å². The van der Waals surface area contributed by atoms with Crippen LogP contribution in [-0.2, 0) is 6.42 Å². The Morgan fingerprint density at radius 1 is 1.36 bits per heavy atom. The third-order valence-electron chi connectivity index (χ3n) is 1.89. The summed E-state index contributed by atoms with van der Waals surface area (Å²) >= 11 is 6.69. The van der Waals surface area contributed by atoms with Gasteiger partial charge in [0.15, 0.2) is 0 Å². The molecule has 1 aromatic rings. The van der Waals surface area contributed by atoms with Crippen LogP contribution in [0.25, 0.3) is 0 Å². The molecule has 0 fully saturated rings. The zero-order chi connectivity index (χ0) is 10.4. The smallest absolute Gasteiger partial charge is 0.0730 e. The third kappa shape index (κ3) is 4.11. The molecular formula is C11H15NS2. The summed E-state index contributed by atoms with van der Waals surface area (Å²) in [6.07, 6.45) is 1.75. The van der Waals surface area contributed by atoms with Crippen molar-refractivity contribution in [3.05, 3.63) is 29.8 Å². The number of thiocarbonyl (C=S) groups is 1. The summed E-state index contributed by atoms with van der Waals surface area (Å²) in [5, 5.41) is 0. The first-order valence-electron chi connectivity index (χ1n) is 4.72. The zero-order valence-corrected chi connectivity index (χ0v) is 9.96. The first kappa shape index (κ1) is 11.5. The van der Waals surface area contributed by atoms with Gasteiger partial charge in [0.2, 0.25) is 0 Å². The lowest BCUT2D eigenvalue weighted by Gasteiger charge is -2.02. The summed E-state index contributed by atoms with van der Waals surface area (Å²) in [6, 6.07) is 8.61. The quantitative estimate of drug-likeness (QED) is 0.616. The Morgan fingerprint density at radius 3 is 2.50 bits per heavy atom. The molecule has 0 unspecified atom stereocenters. The van der Waals surface area contributed by atoms with Gasteiger partial charge >= 0.3 is 0 Å². The van der Waals surface area contributed by atoms with E-state index in [1.807, 2.05) is 11.8 Å². The van der Waals surface area contributed by atoms with Crippen LogP contribution in [0.4, 0.5) is 0 Å². The number of nitrogens with two attached hydrogens (primary N) is 1. The second-order valence-corrected chi connectivity index (χ2v) is 4.91. The molecule has 0 heterocycles. The number of rotatable bonds is 5.